The first-order valence-electron chi connectivity index (χ1n) is 8.65. The van der Waals surface area contributed by atoms with Crippen LogP contribution in [0.15, 0.2) is 47.3 Å². The Balaban J connectivity index is 1.68. The minimum absolute atomic E-state index is 0.0281. The largest absolute Gasteiger partial charge is 0.326 e. The fourth-order valence-corrected chi connectivity index (χ4v) is 3.89. The summed E-state index contributed by atoms with van der Waals surface area (Å²) in [5.41, 5.74) is 5.52. The number of hydrogen-bond donors (Lipinski definition) is 2. The van der Waals surface area contributed by atoms with Crippen LogP contribution in [-0.4, -0.2) is 4.98 Å². The van der Waals surface area contributed by atoms with Gasteiger partial charge >= 0.3 is 0 Å². The van der Waals surface area contributed by atoms with E-state index in [0.29, 0.717) is 0 Å². The monoisotopic (exact) mass is 352 g/mol. The fraction of sp³-hybridized carbons (Fsp3) is 0.286. The molecule has 0 aliphatic heterocycles. The predicted octanol–water partition coefficient (Wildman–Crippen LogP) is 4.57. The van der Waals surface area contributed by atoms with Crippen molar-refractivity contribution in [1.29, 1.82) is 0 Å². The Morgan fingerprint density at radius 2 is 1.80 bits per heavy atom. The number of H-pyrrole nitrogens is 1. The Labute approximate surface area is 152 Å². The molecule has 3 rings (SSSR count). The zero-order valence-electron chi connectivity index (χ0n) is 15.0. The molecule has 0 radical (unpaired) electrons. The van der Waals surface area contributed by atoms with E-state index in [-0.39, 0.29) is 5.56 Å². The van der Waals surface area contributed by atoms with Crippen molar-refractivity contribution in [2.45, 2.75) is 40.3 Å². The summed E-state index contributed by atoms with van der Waals surface area (Å²) in [7, 11) is 0. The Morgan fingerprint density at radius 3 is 2.52 bits per heavy atom. The standard InChI is InChI=1S/C21H24N2OS/c1-4-17-11-19(15(3)23-21(17)24)20-10-9-18(25-20)13-22-12-16-7-5-14(2)6-8-16/h5-11,22H,4,12-13H2,1-3H3,(H,23,24). The van der Waals surface area contributed by atoms with Crippen LogP contribution in [0.4, 0.5) is 0 Å². The van der Waals surface area contributed by atoms with E-state index in [4.69, 9.17) is 0 Å². The molecule has 0 saturated heterocycles. The lowest BCUT2D eigenvalue weighted by molar-refractivity contribution is 0.701. The van der Waals surface area contributed by atoms with Crippen LogP contribution >= 0.6 is 11.3 Å². The van der Waals surface area contributed by atoms with Crippen molar-refractivity contribution in [3.63, 3.8) is 0 Å². The van der Waals surface area contributed by atoms with Gasteiger partial charge in [0.25, 0.3) is 5.56 Å². The van der Waals surface area contributed by atoms with E-state index in [1.165, 1.54) is 20.9 Å². The normalized spacial score (nSPS) is 11.0. The molecule has 0 aliphatic rings. The van der Waals surface area contributed by atoms with Crippen LogP contribution in [0.25, 0.3) is 10.4 Å². The maximum absolute atomic E-state index is 11.9. The molecule has 2 N–H and O–H groups in total. The summed E-state index contributed by atoms with van der Waals surface area (Å²) >= 11 is 1.78. The summed E-state index contributed by atoms with van der Waals surface area (Å²) in [6.07, 6.45) is 0.749. The summed E-state index contributed by atoms with van der Waals surface area (Å²) in [4.78, 5) is 17.4. The van der Waals surface area contributed by atoms with Crippen LogP contribution in [0.2, 0.25) is 0 Å². The molecule has 0 fully saturated rings. The number of nitrogens with one attached hydrogen (secondary N) is 2. The van der Waals surface area contributed by atoms with E-state index in [1.807, 2.05) is 19.9 Å². The van der Waals surface area contributed by atoms with E-state index >= 15 is 0 Å². The lowest BCUT2D eigenvalue weighted by atomic mass is 10.1. The highest BCUT2D eigenvalue weighted by molar-refractivity contribution is 7.15. The van der Waals surface area contributed by atoms with Crippen LogP contribution in [0.5, 0.6) is 0 Å². The van der Waals surface area contributed by atoms with Crippen LogP contribution in [-0.2, 0) is 19.5 Å². The van der Waals surface area contributed by atoms with Crippen molar-refractivity contribution in [2.24, 2.45) is 0 Å². The van der Waals surface area contributed by atoms with Gasteiger partial charge < -0.3 is 10.3 Å². The molecular formula is C21H24N2OS. The minimum Gasteiger partial charge on any atom is -0.326 e. The van der Waals surface area contributed by atoms with Crippen molar-refractivity contribution in [1.82, 2.24) is 10.3 Å². The van der Waals surface area contributed by atoms with Crippen LogP contribution in [0.3, 0.4) is 0 Å². The molecule has 0 spiro atoms. The van der Waals surface area contributed by atoms with Crippen molar-refractivity contribution < 1.29 is 0 Å². The molecule has 0 atom stereocenters. The van der Waals surface area contributed by atoms with E-state index in [2.05, 4.69) is 53.6 Å². The van der Waals surface area contributed by atoms with Gasteiger partial charge in [-0.1, -0.05) is 36.8 Å². The molecule has 25 heavy (non-hydrogen) atoms. The number of aromatic amines is 1. The summed E-state index contributed by atoms with van der Waals surface area (Å²) in [6, 6.07) is 15.0. The number of thiophene rings is 1. The summed E-state index contributed by atoms with van der Waals surface area (Å²) in [5, 5.41) is 3.50. The third-order valence-corrected chi connectivity index (χ3v) is 5.49. The minimum atomic E-state index is 0.0281. The summed E-state index contributed by atoms with van der Waals surface area (Å²) in [5.74, 6) is 0. The van der Waals surface area contributed by atoms with Gasteiger partial charge in [-0.15, -0.1) is 11.3 Å². The SMILES string of the molecule is CCc1cc(-c2ccc(CNCc3ccc(C)cc3)s2)c(C)[nH]c1=O. The molecule has 130 valence electrons. The molecular weight excluding hydrogens is 328 g/mol. The van der Waals surface area contributed by atoms with Gasteiger partial charge in [0.1, 0.15) is 0 Å². The Morgan fingerprint density at radius 1 is 1.04 bits per heavy atom. The molecule has 0 amide bonds. The predicted molar refractivity (Wildman–Crippen MR) is 106 cm³/mol. The van der Waals surface area contributed by atoms with E-state index in [9.17, 15) is 4.79 Å². The Bertz CT molecular complexity index is 906. The average Bonchev–Trinajstić information content (AvgIpc) is 3.05. The topological polar surface area (TPSA) is 44.9 Å². The van der Waals surface area contributed by atoms with Gasteiger partial charge in [-0.3, -0.25) is 4.79 Å². The second kappa shape index (κ2) is 7.81. The van der Waals surface area contributed by atoms with Crippen molar-refractivity contribution in [3.05, 3.63) is 80.1 Å². The molecule has 2 heterocycles. The molecule has 2 aromatic heterocycles. The number of rotatable bonds is 6. The van der Waals surface area contributed by atoms with Gasteiger partial charge in [-0.2, -0.15) is 0 Å². The molecule has 0 aliphatic carbocycles. The Hall–Kier alpha value is -2.17. The lowest BCUT2D eigenvalue weighted by Crippen LogP contribution is -2.13. The molecule has 3 aromatic rings. The first-order valence-corrected chi connectivity index (χ1v) is 9.46. The number of aryl methyl sites for hydroxylation is 3. The molecule has 1 aromatic carbocycles. The maximum atomic E-state index is 11.9. The summed E-state index contributed by atoms with van der Waals surface area (Å²) in [6.45, 7) is 7.80. The number of aromatic nitrogens is 1. The quantitative estimate of drug-likeness (QED) is 0.682. The average molecular weight is 353 g/mol. The van der Waals surface area contributed by atoms with Gasteiger partial charge in [0, 0.05) is 39.7 Å². The molecule has 0 saturated carbocycles. The smallest absolute Gasteiger partial charge is 0.251 e. The third-order valence-electron chi connectivity index (χ3n) is 4.37. The number of pyridine rings is 1. The van der Waals surface area contributed by atoms with E-state index < -0.39 is 0 Å². The van der Waals surface area contributed by atoms with Crippen LogP contribution in [0.1, 0.15) is 34.2 Å². The fourth-order valence-electron chi connectivity index (χ4n) is 2.84. The highest BCUT2D eigenvalue weighted by Gasteiger charge is 2.09. The second-order valence-electron chi connectivity index (χ2n) is 6.37. The van der Waals surface area contributed by atoms with Gasteiger partial charge in [0.15, 0.2) is 0 Å². The van der Waals surface area contributed by atoms with Crippen LogP contribution in [0, 0.1) is 13.8 Å². The maximum Gasteiger partial charge on any atom is 0.251 e. The van der Waals surface area contributed by atoms with Gasteiger partial charge in [-0.05, 0) is 44.0 Å². The van der Waals surface area contributed by atoms with Crippen LogP contribution < -0.4 is 10.9 Å². The third kappa shape index (κ3) is 4.27. The molecule has 0 unspecified atom stereocenters. The summed E-state index contributed by atoms with van der Waals surface area (Å²) < 4.78 is 0. The van der Waals surface area contributed by atoms with Crippen molar-refractivity contribution in [2.75, 3.05) is 0 Å². The number of hydrogen-bond acceptors (Lipinski definition) is 3. The first-order chi connectivity index (χ1) is 12.1. The highest BCUT2D eigenvalue weighted by atomic mass is 32.1. The second-order valence-corrected chi connectivity index (χ2v) is 7.54. The first kappa shape index (κ1) is 17.6. The molecule has 0 bridgehead atoms. The zero-order chi connectivity index (χ0) is 17.8. The van der Waals surface area contributed by atoms with E-state index in [0.717, 1.165) is 36.3 Å². The van der Waals surface area contributed by atoms with Crippen molar-refractivity contribution >= 4 is 11.3 Å². The van der Waals surface area contributed by atoms with Gasteiger partial charge in [0.05, 0.1) is 0 Å². The number of benzene rings is 1. The van der Waals surface area contributed by atoms with Gasteiger partial charge in [0.2, 0.25) is 0 Å². The zero-order valence-corrected chi connectivity index (χ0v) is 15.8. The molecule has 4 heteroatoms. The Kier molecular flexibility index (Phi) is 5.51. The van der Waals surface area contributed by atoms with Crippen molar-refractivity contribution in [3.8, 4) is 10.4 Å². The lowest BCUT2D eigenvalue weighted by Gasteiger charge is -2.06. The van der Waals surface area contributed by atoms with Gasteiger partial charge in [-0.25, -0.2) is 0 Å². The van der Waals surface area contributed by atoms with E-state index in [1.54, 1.807) is 11.3 Å². The highest BCUT2D eigenvalue weighted by Crippen LogP contribution is 2.30. The molecule has 3 nitrogen and oxygen atoms in total.